The number of carbonyl (C=O) groups excluding carboxylic acids is 1. The third kappa shape index (κ3) is 4.53. The highest BCUT2D eigenvalue weighted by Gasteiger charge is 2.32. The molecular weight excluding hydrogens is 416 g/mol. The maximum absolute atomic E-state index is 13.0. The van der Waals surface area contributed by atoms with E-state index in [2.05, 4.69) is 15.4 Å². The minimum absolute atomic E-state index is 0.0704. The summed E-state index contributed by atoms with van der Waals surface area (Å²) >= 11 is 0. The van der Waals surface area contributed by atoms with Gasteiger partial charge in [-0.25, -0.2) is 8.42 Å². The van der Waals surface area contributed by atoms with Crippen molar-refractivity contribution in [2.45, 2.75) is 55.5 Å². The first-order valence-electron chi connectivity index (χ1n) is 11.1. The molecule has 2 aromatic rings. The lowest BCUT2D eigenvalue weighted by Crippen LogP contribution is -2.46. The summed E-state index contributed by atoms with van der Waals surface area (Å²) < 4.78 is 32.8. The molecule has 5 rings (SSSR count). The van der Waals surface area contributed by atoms with Crippen molar-refractivity contribution in [1.29, 1.82) is 0 Å². The van der Waals surface area contributed by atoms with Gasteiger partial charge in [0, 0.05) is 37.7 Å². The van der Waals surface area contributed by atoms with Crippen molar-refractivity contribution in [3.8, 4) is 0 Å². The van der Waals surface area contributed by atoms with Crippen LogP contribution in [-0.4, -0.2) is 60.9 Å². The average Bonchev–Trinajstić information content (AvgIpc) is 3.48. The van der Waals surface area contributed by atoms with Crippen LogP contribution < -0.4 is 5.32 Å². The molecule has 31 heavy (non-hydrogen) atoms. The van der Waals surface area contributed by atoms with Crippen LogP contribution in [0, 0.1) is 0 Å². The first-order valence-corrected chi connectivity index (χ1v) is 12.5. The summed E-state index contributed by atoms with van der Waals surface area (Å²) in [5.74, 6) is 0.934. The van der Waals surface area contributed by atoms with E-state index in [4.69, 9.17) is 4.52 Å². The number of likely N-dealkylation sites (tertiary alicyclic amines) is 1. The van der Waals surface area contributed by atoms with Crippen molar-refractivity contribution in [3.63, 3.8) is 0 Å². The van der Waals surface area contributed by atoms with Gasteiger partial charge >= 0.3 is 0 Å². The Balaban J connectivity index is 1.15. The number of nitrogens with one attached hydrogen (secondary N) is 1. The molecule has 1 N–H and O–H groups in total. The molecular formula is C22H28N4O4S. The minimum atomic E-state index is -3.52. The molecule has 0 radical (unpaired) electrons. The number of rotatable bonds is 7. The quantitative estimate of drug-likeness (QED) is 0.704. The largest absolute Gasteiger partial charge is 0.360 e. The van der Waals surface area contributed by atoms with Gasteiger partial charge in [0.05, 0.1) is 4.90 Å². The fourth-order valence-electron chi connectivity index (χ4n) is 4.17. The number of hydrogen-bond donors (Lipinski definition) is 1. The van der Waals surface area contributed by atoms with Crippen LogP contribution in [0.3, 0.4) is 0 Å². The normalized spacial score (nSPS) is 21.0. The van der Waals surface area contributed by atoms with Crippen molar-refractivity contribution in [2.75, 3.05) is 26.2 Å². The van der Waals surface area contributed by atoms with Gasteiger partial charge in [0.1, 0.15) is 5.76 Å². The molecule has 0 spiro atoms. The fourth-order valence-corrected chi connectivity index (χ4v) is 5.64. The molecule has 1 saturated carbocycles. The SMILES string of the molecule is O=C(NC1CCN(S(=O)(=O)c2ccc(CN3CCC3)cc2)CC1)c1cc(C2CC2)on1. The van der Waals surface area contributed by atoms with Gasteiger partial charge < -0.3 is 9.84 Å². The van der Waals surface area contributed by atoms with Crippen molar-refractivity contribution < 1.29 is 17.7 Å². The van der Waals surface area contributed by atoms with Gasteiger partial charge in [-0.1, -0.05) is 17.3 Å². The van der Waals surface area contributed by atoms with Crippen LogP contribution in [0.2, 0.25) is 0 Å². The van der Waals surface area contributed by atoms with Gasteiger partial charge in [0.2, 0.25) is 10.0 Å². The summed E-state index contributed by atoms with van der Waals surface area (Å²) in [5, 5.41) is 6.84. The number of benzene rings is 1. The highest BCUT2D eigenvalue weighted by atomic mass is 32.2. The number of nitrogens with zero attached hydrogens (tertiary/aromatic N) is 3. The molecule has 1 amide bonds. The molecule has 166 valence electrons. The predicted molar refractivity (Wildman–Crippen MR) is 114 cm³/mol. The van der Waals surface area contributed by atoms with Crippen molar-refractivity contribution >= 4 is 15.9 Å². The Morgan fingerprint density at radius 2 is 1.77 bits per heavy atom. The number of amides is 1. The summed E-state index contributed by atoms with van der Waals surface area (Å²) in [6.45, 7) is 3.87. The molecule has 1 aromatic carbocycles. The summed E-state index contributed by atoms with van der Waals surface area (Å²) in [6.07, 6.45) is 4.56. The Hall–Kier alpha value is -2.23. The molecule has 3 heterocycles. The van der Waals surface area contributed by atoms with E-state index < -0.39 is 10.0 Å². The fraction of sp³-hybridized carbons (Fsp3) is 0.545. The van der Waals surface area contributed by atoms with Crippen molar-refractivity contribution in [3.05, 3.63) is 47.3 Å². The van der Waals surface area contributed by atoms with E-state index in [1.165, 1.54) is 10.7 Å². The standard InChI is InChI=1S/C22H28N4O4S/c27-22(20-14-21(30-24-20)17-4-5-17)23-18-8-12-26(13-9-18)31(28,29)19-6-2-16(3-7-19)15-25-10-1-11-25/h2-3,6-7,14,17-18H,1,4-5,8-13,15H2,(H,23,27). The van der Waals surface area contributed by atoms with Crippen LogP contribution in [0.4, 0.5) is 0 Å². The highest BCUT2D eigenvalue weighted by Crippen LogP contribution is 2.40. The van der Waals surface area contributed by atoms with E-state index in [1.54, 1.807) is 18.2 Å². The summed E-state index contributed by atoms with van der Waals surface area (Å²) in [7, 11) is -3.52. The van der Waals surface area contributed by atoms with Crippen LogP contribution in [0.25, 0.3) is 0 Å². The number of carbonyl (C=O) groups is 1. The number of piperidine rings is 1. The second-order valence-corrected chi connectivity index (χ2v) is 10.8. The van der Waals surface area contributed by atoms with Crippen LogP contribution in [-0.2, 0) is 16.6 Å². The number of hydrogen-bond acceptors (Lipinski definition) is 6. The molecule has 0 atom stereocenters. The van der Waals surface area contributed by atoms with Crippen LogP contribution in [0.1, 0.15) is 59.8 Å². The molecule has 2 aliphatic heterocycles. The van der Waals surface area contributed by atoms with Crippen molar-refractivity contribution in [1.82, 2.24) is 19.7 Å². The van der Waals surface area contributed by atoms with Gasteiger partial charge in [-0.3, -0.25) is 9.69 Å². The third-order valence-electron chi connectivity index (χ3n) is 6.45. The monoisotopic (exact) mass is 444 g/mol. The highest BCUT2D eigenvalue weighted by molar-refractivity contribution is 7.89. The molecule has 2 saturated heterocycles. The Morgan fingerprint density at radius 3 is 2.39 bits per heavy atom. The molecule has 1 aromatic heterocycles. The Morgan fingerprint density at radius 1 is 1.06 bits per heavy atom. The van der Waals surface area contributed by atoms with E-state index in [0.29, 0.717) is 42.4 Å². The lowest BCUT2D eigenvalue weighted by atomic mass is 10.1. The maximum Gasteiger partial charge on any atom is 0.273 e. The average molecular weight is 445 g/mol. The molecule has 9 heteroatoms. The van der Waals surface area contributed by atoms with Crippen LogP contribution in [0.15, 0.2) is 39.8 Å². The van der Waals surface area contributed by atoms with Gasteiger partial charge in [-0.15, -0.1) is 0 Å². The summed E-state index contributed by atoms with van der Waals surface area (Å²) in [4.78, 5) is 15.1. The zero-order valence-corrected chi connectivity index (χ0v) is 18.3. The lowest BCUT2D eigenvalue weighted by molar-refractivity contribution is 0.0914. The summed E-state index contributed by atoms with van der Waals surface area (Å²) in [5.41, 5.74) is 1.44. The maximum atomic E-state index is 13.0. The van der Waals surface area contributed by atoms with E-state index in [-0.39, 0.29) is 11.9 Å². The first kappa shape index (κ1) is 20.7. The molecule has 1 aliphatic carbocycles. The van der Waals surface area contributed by atoms with E-state index in [0.717, 1.165) is 43.8 Å². The first-order chi connectivity index (χ1) is 15.0. The second kappa shape index (κ2) is 8.37. The Kier molecular flexibility index (Phi) is 5.58. The number of aromatic nitrogens is 1. The zero-order valence-electron chi connectivity index (χ0n) is 17.5. The smallest absolute Gasteiger partial charge is 0.273 e. The Bertz CT molecular complexity index is 1030. The van der Waals surface area contributed by atoms with E-state index in [1.807, 2.05) is 12.1 Å². The van der Waals surface area contributed by atoms with Gasteiger partial charge in [-0.05, 0) is 62.9 Å². The van der Waals surface area contributed by atoms with Crippen molar-refractivity contribution in [2.24, 2.45) is 0 Å². The molecule has 3 fully saturated rings. The second-order valence-electron chi connectivity index (χ2n) is 8.81. The topological polar surface area (TPSA) is 95.8 Å². The van der Waals surface area contributed by atoms with Gasteiger partial charge in [0.15, 0.2) is 5.69 Å². The van der Waals surface area contributed by atoms with Gasteiger partial charge in [-0.2, -0.15) is 4.31 Å². The molecule has 0 bridgehead atoms. The van der Waals surface area contributed by atoms with Crippen LogP contribution >= 0.6 is 0 Å². The predicted octanol–water partition coefficient (Wildman–Crippen LogP) is 2.34. The van der Waals surface area contributed by atoms with E-state index in [9.17, 15) is 13.2 Å². The minimum Gasteiger partial charge on any atom is -0.360 e. The van der Waals surface area contributed by atoms with Gasteiger partial charge in [0.25, 0.3) is 5.91 Å². The molecule has 8 nitrogen and oxygen atoms in total. The third-order valence-corrected chi connectivity index (χ3v) is 8.36. The zero-order chi connectivity index (χ0) is 21.4. The molecule has 0 unspecified atom stereocenters. The van der Waals surface area contributed by atoms with Crippen LogP contribution in [0.5, 0.6) is 0 Å². The number of sulfonamides is 1. The molecule has 3 aliphatic rings. The summed E-state index contributed by atoms with van der Waals surface area (Å²) in [6, 6.07) is 8.88. The lowest BCUT2D eigenvalue weighted by Gasteiger charge is -2.32. The Labute approximate surface area is 182 Å². The van der Waals surface area contributed by atoms with E-state index >= 15 is 0 Å².